The van der Waals surface area contributed by atoms with Crippen molar-refractivity contribution in [2.75, 3.05) is 19.7 Å². The van der Waals surface area contributed by atoms with Gasteiger partial charge in [0.15, 0.2) is 6.61 Å². The van der Waals surface area contributed by atoms with E-state index in [2.05, 4.69) is 13.8 Å². The first-order valence-electron chi connectivity index (χ1n) is 8.07. The molecule has 1 saturated heterocycles. The fourth-order valence-corrected chi connectivity index (χ4v) is 4.25. The third-order valence-electron chi connectivity index (χ3n) is 4.26. The molecule has 0 radical (unpaired) electrons. The van der Waals surface area contributed by atoms with Crippen LogP contribution in [0.2, 0.25) is 0 Å². The molecule has 3 rings (SSSR count). The third kappa shape index (κ3) is 3.59. The van der Waals surface area contributed by atoms with Crippen LogP contribution >= 0.6 is 11.3 Å². The predicted octanol–water partition coefficient (Wildman–Crippen LogP) is 3.70. The number of amides is 1. The number of rotatable bonds is 3. The Bertz CT molecular complexity index is 763. The van der Waals surface area contributed by atoms with Gasteiger partial charge < -0.3 is 9.64 Å². The van der Waals surface area contributed by atoms with Crippen molar-refractivity contribution in [3.05, 3.63) is 35.0 Å². The van der Waals surface area contributed by atoms with E-state index in [1.807, 2.05) is 0 Å². The number of hydrogen-bond acceptors (Lipinski definition) is 4. The SMILES string of the molecule is C[C@@H]1C[C@@H](C)CN(C(=O)COC(=O)c2cc3c(F)cccc3s2)C1. The van der Waals surface area contributed by atoms with E-state index in [-0.39, 0.29) is 18.3 Å². The van der Waals surface area contributed by atoms with Gasteiger partial charge in [-0.1, -0.05) is 19.9 Å². The van der Waals surface area contributed by atoms with Crippen LogP contribution in [-0.4, -0.2) is 36.5 Å². The molecule has 2 aromatic rings. The minimum atomic E-state index is -0.581. The van der Waals surface area contributed by atoms with E-state index in [4.69, 9.17) is 4.74 Å². The molecule has 0 saturated carbocycles. The molecule has 0 N–H and O–H groups in total. The number of esters is 1. The molecular weight excluding hydrogens is 329 g/mol. The molecule has 2 heterocycles. The van der Waals surface area contributed by atoms with Crippen LogP contribution in [0.25, 0.3) is 10.1 Å². The summed E-state index contributed by atoms with van der Waals surface area (Å²) in [5, 5.41) is 0.402. The van der Waals surface area contributed by atoms with Gasteiger partial charge in [-0.2, -0.15) is 0 Å². The van der Waals surface area contributed by atoms with Gasteiger partial charge in [-0.25, -0.2) is 9.18 Å². The lowest BCUT2D eigenvalue weighted by Crippen LogP contribution is -2.44. The Labute approximate surface area is 144 Å². The molecule has 4 nitrogen and oxygen atoms in total. The summed E-state index contributed by atoms with van der Waals surface area (Å²) >= 11 is 1.17. The molecule has 24 heavy (non-hydrogen) atoms. The standard InChI is InChI=1S/C18H20FNO3S/c1-11-6-12(2)9-20(8-11)17(21)10-23-18(22)16-7-13-14(19)4-3-5-15(13)24-16/h3-5,7,11-12H,6,8-10H2,1-2H3/t11-,12-/m1/s1. The van der Waals surface area contributed by atoms with Crippen LogP contribution in [0.15, 0.2) is 24.3 Å². The monoisotopic (exact) mass is 349 g/mol. The molecule has 1 amide bonds. The molecule has 128 valence electrons. The van der Waals surface area contributed by atoms with Gasteiger partial charge in [-0.3, -0.25) is 4.79 Å². The highest BCUT2D eigenvalue weighted by atomic mass is 32.1. The van der Waals surface area contributed by atoms with E-state index in [9.17, 15) is 14.0 Å². The molecule has 2 atom stereocenters. The number of ether oxygens (including phenoxy) is 1. The van der Waals surface area contributed by atoms with Crippen LogP contribution in [0.1, 0.15) is 29.9 Å². The van der Waals surface area contributed by atoms with E-state index in [1.54, 1.807) is 17.0 Å². The van der Waals surface area contributed by atoms with Crippen LogP contribution in [0, 0.1) is 17.7 Å². The first-order chi connectivity index (χ1) is 11.4. The fourth-order valence-electron chi connectivity index (χ4n) is 3.28. The molecule has 1 aliphatic heterocycles. The van der Waals surface area contributed by atoms with Crippen molar-refractivity contribution in [2.45, 2.75) is 20.3 Å². The highest BCUT2D eigenvalue weighted by Gasteiger charge is 2.26. The minimum absolute atomic E-state index is 0.172. The maximum atomic E-state index is 13.7. The van der Waals surface area contributed by atoms with Crippen LogP contribution < -0.4 is 0 Å². The minimum Gasteiger partial charge on any atom is -0.451 e. The Morgan fingerprint density at radius 3 is 2.67 bits per heavy atom. The van der Waals surface area contributed by atoms with Gasteiger partial charge in [0, 0.05) is 23.2 Å². The summed E-state index contributed by atoms with van der Waals surface area (Å²) in [7, 11) is 0. The van der Waals surface area contributed by atoms with Crippen molar-refractivity contribution < 1.29 is 18.7 Å². The van der Waals surface area contributed by atoms with Gasteiger partial charge in [-0.15, -0.1) is 11.3 Å². The van der Waals surface area contributed by atoms with E-state index < -0.39 is 5.97 Å². The van der Waals surface area contributed by atoms with Crippen molar-refractivity contribution in [1.82, 2.24) is 4.90 Å². The van der Waals surface area contributed by atoms with Crippen molar-refractivity contribution in [3.8, 4) is 0 Å². The molecule has 0 bridgehead atoms. The molecule has 0 unspecified atom stereocenters. The quantitative estimate of drug-likeness (QED) is 0.794. The topological polar surface area (TPSA) is 46.6 Å². The van der Waals surface area contributed by atoms with Crippen LogP contribution in [0.3, 0.4) is 0 Å². The smallest absolute Gasteiger partial charge is 0.348 e. The average molecular weight is 349 g/mol. The van der Waals surface area contributed by atoms with Gasteiger partial charge in [0.05, 0.1) is 0 Å². The Kier molecular flexibility index (Phi) is 4.85. The van der Waals surface area contributed by atoms with Crippen LogP contribution in [0.4, 0.5) is 4.39 Å². The maximum absolute atomic E-state index is 13.7. The largest absolute Gasteiger partial charge is 0.451 e. The summed E-state index contributed by atoms with van der Waals surface area (Å²) in [6.45, 7) is 5.38. The summed E-state index contributed by atoms with van der Waals surface area (Å²) in [4.78, 5) is 26.4. The summed E-state index contributed by atoms with van der Waals surface area (Å²) < 4.78 is 19.5. The summed E-state index contributed by atoms with van der Waals surface area (Å²) in [5.74, 6) is -0.204. The van der Waals surface area contributed by atoms with Gasteiger partial charge in [0.2, 0.25) is 0 Å². The molecule has 0 spiro atoms. The second-order valence-electron chi connectivity index (χ2n) is 6.58. The second kappa shape index (κ2) is 6.89. The number of fused-ring (bicyclic) bond motifs is 1. The Morgan fingerprint density at radius 1 is 1.29 bits per heavy atom. The lowest BCUT2D eigenvalue weighted by Gasteiger charge is -2.34. The number of hydrogen-bond donors (Lipinski definition) is 0. The van der Waals surface area contributed by atoms with E-state index >= 15 is 0 Å². The Balaban J connectivity index is 1.62. The molecule has 1 aromatic carbocycles. The third-order valence-corrected chi connectivity index (χ3v) is 5.34. The number of carbonyl (C=O) groups is 2. The molecule has 1 fully saturated rings. The number of benzene rings is 1. The summed E-state index contributed by atoms with van der Waals surface area (Å²) in [6, 6.07) is 6.19. The van der Waals surface area contributed by atoms with Crippen molar-refractivity contribution in [2.24, 2.45) is 11.8 Å². The number of nitrogens with zero attached hydrogens (tertiary/aromatic N) is 1. The lowest BCUT2D eigenvalue weighted by molar-refractivity contribution is -0.137. The average Bonchev–Trinajstić information content (AvgIpc) is 2.97. The molecule has 0 aliphatic carbocycles. The number of likely N-dealkylation sites (tertiary alicyclic amines) is 1. The lowest BCUT2D eigenvalue weighted by atomic mass is 9.92. The van der Waals surface area contributed by atoms with Crippen molar-refractivity contribution in [1.29, 1.82) is 0 Å². The van der Waals surface area contributed by atoms with Gasteiger partial charge in [0.25, 0.3) is 5.91 Å². The van der Waals surface area contributed by atoms with E-state index in [0.29, 0.717) is 39.9 Å². The summed E-state index contributed by atoms with van der Waals surface area (Å²) in [6.07, 6.45) is 1.11. The molecular formula is C18H20FNO3S. The summed E-state index contributed by atoms with van der Waals surface area (Å²) in [5.41, 5.74) is 0. The Hall–Kier alpha value is -1.95. The van der Waals surface area contributed by atoms with Crippen molar-refractivity contribution >= 4 is 33.3 Å². The number of thiophene rings is 1. The first kappa shape index (κ1) is 16.9. The second-order valence-corrected chi connectivity index (χ2v) is 7.67. The normalized spacial score (nSPS) is 21.0. The van der Waals surface area contributed by atoms with Gasteiger partial charge in [0.1, 0.15) is 10.7 Å². The highest BCUT2D eigenvalue weighted by Crippen LogP contribution is 2.28. The van der Waals surface area contributed by atoms with Crippen molar-refractivity contribution in [3.63, 3.8) is 0 Å². The van der Waals surface area contributed by atoms with Crippen LogP contribution in [0.5, 0.6) is 0 Å². The number of halogens is 1. The molecule has 1 aromatic heterocycles. The molecule has 1 aliphatic rings. The maximum Gasteiger partial charge on any atom is 0.348 e. The van der Waals surface area contributed by atoms with Crippen LogP contribution in [-0.2, 0) is 9.53 Å². The first-order valence-corrected chi connectivity index (χ1v) is 8.88. The fraction of sp³-hybridized carbons (Fsp3) is 0.444. The number of carbonyl (C=O) groups excluding carboxylic acids is 2. The van der Waals surface area contributed by atoms with Gasteiger partial charge >= 0.3 is 5.97 Å². The zero-order valence-electron chi connectivity index (χ0n) is 13.8. The zero-order valence-corrected chi connectivity index (χ0v) is 14.6. The zero-order chi connectivity index (χ0) is 17.3. The molecule has 6 heteroatoms. The number of piperidine rings is 1. The predicted molar refractivity (Wildman–Crippen MR) is 91.6 cm³/mol. The Morgan fingerprint density at radius 2 is 2.00 bits per heavy atom. The highest BCUT2D eigenvalue weighted by molar-refractivity contribution is 7.20. The van der Waals surface area contributed by atoms with E-state index in [0.717, 1.165) is 6.42 Å². The van der Waals surface area contributed by atoms with E-state index in [1.165, 1.54) is 23.5 Å². The van der Waals surface area contributed by atoms with Gasteiger partial charge in [-0.05, 0) is 36.5 Å².